The molecule has 2 fully saturated rings. The van der Waals surface area contributed by atoms with Crippen LogP contribution in [-0.4, -0.2) is 130 Å². The van der Waals surface area contributed by atoms with Crippen LogP contribution in [0.3, 0.4) is 0 Å². The zero-order valence-corrected chi connectivity index (χ0v) is 49.6. The fraction of sp³-hybridized carbons (Fsp3) is 0.885. The molecule has 0 spiro atoms. The zero-order valence-electron chi connectivity index (χ0n) is 49.6. The molecule has 15 nitrogen and oxygen atoms in total. The molecule has 2 aliphatic rings. The Bertz CT molecular complexity index is 1330. The summed E-state index contributed by atoms with van der Waals surface area (Å²) >= 11 is 0. The number of aliphatic hydroxyl groups excluding tert-OH is 1. The summed E-state index contributed by atoms with van der Waals surface area (Å²) in [4.78, 5) is 85.5. The third kappa shape index (κ3) is 46.5. The average Bonchev–Trinajstić information content (AvgIpc) is 3.89. The minimum Gasteiger partial charge on any atom is -0.466 e. The van der Waals surface area contributed by atoms with Gasteiger partial charge >= 0.3 is 30.0 Å². The van der Waals surface area contributed by atoms with Crippen molar-refractivity contribution in [2.75, 3.05) is 60.2 Å². The minimum absolute atomic E-state index is 0.0687. The lowest BCUT2D eigenvalue weighted by Gasteiger charge is -2.36. The van der Waals surface area contributed by atoms with Crippen molar-refractivity contribution in [3.63, 3.8) is 0 Å². The van der Waals surface area contributed by atoms with Gasteiger partial charge in [-0.3, -0.25) is 24.1 Å². The second kappa shape index (κ2) is 56.1. The Morgan fingerprint density at radius 1 is 0.500 bits per heavy atom. The van der Waals surface area contributed by atoms with Crippen LogP contribution in [0, 0.1) is 11.8 Å². The summed E-state index contributed by atoms with van der Waals surface area (Å²) in [6.45, 7) is 15.3. The standard InChI is InChI=1S/C26H48O5.C23H42O5.C11H20N2O2.CH4O/c1-3-5-7-9-11-16-20-30-25(28)22-24(18-14-13-15-19-27)23-26(29)31-21-17-12-10-8-6-4-2;1-3-5-7-9-11-13-17-27-22(25)19-21(15-16-24)20-23(26)28-18-14-12-10-8-6-4-2;1-3-9-5-4-6-13(9)11(14)15-10-7-12(2)8-10;1-2/h19,24H,3-18,20-23H2,1-2H3;16,21H,3-15,17-20H2,1-2H3;9-10H,3-8H2,1-2H3;2H,1H3. The number of amides is 1. The molecule has 0 aliphatic carbocycles. The van der Waals surface area contributed by atoms with Gasteiger partial charge in [-0.2, -0.15) is 0 Å². The molecule has 0 aromatic heterocycles. The van der Waals surface area contributed by atoms with E-state index in [1.54, 1.807) is 0 Å². The van der Waals surface area contributed by atoms with Crippen LogP contribution in [0.5, 0.6) is 0 Å². The molecule has 0 aromatic rings. The second-order valence-corrected chi connectivity index (χ2v) is 21.0. The lowest BCUT2D eigenvalue weighted by molar-refractivity contribution is -0.149. The van der Waals surface area contributed by atoms with E-state index >= 15 is 0 Å². The Morgan fingerprint density at radius 2 is 0.868 bits per heavy atom. The van der Waals surface area contributed by atoms with E-state index in [0.29, 0.717) is 38.9 Å². The van der Waals surface area contributed by atoms with Crippen LogP contribution in [0.2, 0.25) is 0 Å². The van der Waals surface area contributed by atoms with E-state index in [1.165, 1.54) is 103 Å². The molecule has 2 saturated heterocycles. The highest BCUT2D eigenvalue weighted by Crippen LogP contribution is 2.23. The Balaban J connectivity index is 0. The quantitative estimate of drug-likeness (QED) is 0.0262. The summed E-state index contributed by atoms with van der Waals surface area (Å²) in [5.41, 5.74) is 0. The van der Waals surface area contributed by atoms with Crippen LogP contribution in [0.1, 0.15) is 266 Å². The van der Waals surface area contributed by atoms with Gasteiger partial charge in [-0.15, -0.1) is 0 Å². The second-order valence-electron chi connectivity index (χ2n) is 21.0. The number of aldehydes is 2. The molecule has 2 rings (SSSR count). The van der Waals surface area contributed by atoms with Gasteiger partial charge in [0.2, 0.25) is 0 Å². The lowest BCUT2D eigenvalue weighted by atomic mass is 9.94. The Kier molecular flexibility index (Phi) is 55.0. The maximum atomic E-state index is 12.2. The molecule has 1 atom stereocenters. The van der Waals surface area contributed by atoms with Crippen molar-refractivity contribution < 1.29 is 62.4 Å². The van der Waals surface area contributed by atoms with E-state index in [9.17, 15) is 33.6 Å². The van der Waals surface area contributed by atoms with E-state index in [1.807, 2.05) is 11.9 Å². The molecule has 446 valence electrons. The number of carbonyl (C=O) groups excluding carboxylic acids is 7. The molecular formula is C61H114N2O13. The first kappa shape index (κ1) is 74.5. The molecular weight excluding hydrogens is 969 g/mol. The number of esters is 4. The summed E-state index contributed by atoms with van der Waals surface area (Å²) in [6.07, 6.45) is 36.2. The number of hydrogen-bond acceptors (Lipinski definition) is 14. The van der Waals surface area contributed by atoms with Gasteiger partial charge in [0.25, 0.3) is 0 Å². The van der Waals surface area contributed by atoms with E-state index in [2.05, 4.69) is 39.5 Å². The third-order valence-electron chi connectivity index (χ3n) is 13.9. The van der Waals surface area contributed by atoms with Crippen molar-refractivity contribution in [2.45, 2.75) is 278 Å². The van der Waals surface area contributed by atoms with Gasteiger partial charge < -0.3 is 43.3 Å². The number of hydrogen-bond donors (Lipinski definition) is 1. The first-order chi connectivity index (χ1) is 37.0. The molecule has 0 saturated carbocycles. The summed E-state index contributed by atoms with van der Waals surface area (Å²) in [6, 6.07) is 0.412. The molecule has 1 amide bonds. The van der Waals surface area contributed by atoms with E-state index in [4.69, 9.17) is 28.8 Å². The number of rotatable bonds is 45. The van der Waals surface area contributed by atoms with E-state index in [-0.39, 0.29) is 80.0 Å². The third-order valence-corrected chi connectivity index (χ3v) is 13.9. The molecule has 76 heavy (non-hydrogen) atoms. The zero-order chi connectivity index (χ0) is 56.7. The summed E-state index contributed by atoms with van der Waals surface area (Å²) < 4.78 is 26.7. The molecule has 1 unspecified atom stereocenters. The number of ether oxygens (including phenoxy) is 5. The molecule has 2 heterocycles. The average molecular weight is 1080 g/mol. The number of unbranched alkanes of at least 4 members (excludes halogenated alkanes) is 22. The van der Waals surface area contributed by atoms with Crippen LogP contribution in [0.15, 0.2) is 0 Å². The maximum absolute atomic E-state index is 12.2. The number of nitrogens with zero attached hydrogens (tertiary/aromatic N) is 2. The Labute approximate surface area is 463 Å². The number of likely N-dealkylation sites (tertiary alicyclic amines) is 2. The van der Waals surface area contributed by atoms with Crippen LogP contribution >= 0.6 is 0 Å². The molecule has 1 N–H and O–H groups in total. The molecule has 0 radical (unpaired) electrons. The van der Waals surface area contributed by atoms with Crippen molar-refractivity contribution in [1.29, 1.82) is 0 Å². The highest BCUT2D eigenvalue weighted by Gasteiger charge is 2.33. The highest BCUT2D eigenvalue weighted by molar-refractivity contribution is 5.74. The summed E-state index contributed by atoms with van der Waals surface area (Å²) in [7, 11) is 3.04. The van der Waals surface area contributed by atoms with Crippen LogP contribution in [0.4, 0.5) is 4.79 Å². The van der Waals surface area contributed by atoms with E-state index < -0.39 is 0 Å². The highest BCUT2D eigenvalue weighted by atomic mass is 16.6. The lowest BCUT2D eigenvalue weighted by Crippen LogP contribution is -2.52. The molecule has 2 aliphatic heterocycles. The fourth-order valence-corrected chi connectivity index (χ4v) is 9.19. The first-order valence-electron chi connectivity index (χ1n) is 30.6. The van der Waals surface area contributed by atoms with Gasteiger partial charge in [0.15, 0.2) is 0 Å². The Hall–Kier alpha value is -3.59. The van der Waals surface area contributed by atoms with Gasteiger partial charge in [-0.1, -0.05) is 169 Å². The van der Waals surface area contributed by atoms with Gasteiger partial charge in [-0.05, 0) is 76.7 Å². The van der Waals surface area contributed by atoms with E-state index in [0.717, 1.165) is 129 Å². The van der Waals surface area contributed by atoms with Crippen molar-refractivity contribution >= 4 is 42.5 Å². The predicted molar refractivity (Wildman–Crippen MR) is 304 cm³/mol. The SMILES string of the molecule is CCC1CCCN1C(=O)OC1CN(C)C1.CCCCCCCCOC(=O)CC(CC=O)CC(=O)OCCCCCCCC.CCCCCCCCOC(=O)CC(CCCCC=O)CC(=O)OCCCCCCCC.CO. The van der Waals surface area contributed by atoms with Crippen molar-refractivity contribution in [1.82, 2.24) is 9.80 Å². The monoisotopic (exact) mass is 1080 g/mol. The number of likely N-dealkylation sites (N-methyl/N-ethyl adjacent to an activating group) is 1. The van der Waals surface area contributed by atoms with Crippen LogP contribution < -0.4 is 0 Å². The van der Waals surface area contributed by atoms with Crippen molar-refractivity contribution in [3.05, 3.63) is 0 Å². The topological polar surface area (TPSA) is 192 Å². The maximum Gasteiger partial charge on any atom is 0.410 e. The first-order valence-corrected chi connectivity index (χ1v) is 30.6. The summed E-state index contributed by atoms with van der Waals surface area (Å²) in [5.74, 6) is -1.50. The normalized spacial score (nSPS) is 14.0. The van der Waals surface area contributed by atoms with Gasteiger partial charge in [0.1, 0.15) is 18.7 Å². The van der Waals surface area contributed by atoms with Gasteiger partial charge in [-0.25, -0.2) is 4.79 Å². The van der Waals surface area contributed by atoms with Crippen molar-refractivity contribution in [2.24, 2.45) is 11.8 Å². The van der Waals surface area contributed by atoms with Crippen LogP contribution in [-0.2, 0) is 52.5 Å². The number of aliphatic hydroxyl groups is 1. The Morgan fingerprint density at radius 3 is 1.21 bits per heavy atom. The smallest absolute Gasteiger partial charge is 0.410 e. The molecule has 0 aromatic carbocycles. The minimum atomic E-state index is -0.330. The van der Waals surface area contributed by atoms with Gasteiger partial charge in [0.05, 0.1) is 26.4 Å². The molecule has 0 bridgehead atoms. The van der Waals surface area contributed by atoms with Crippen molar-refractivity contribution in [3.8, 4) is 0 Å². The largest absolute Gasteiger partial charge is 0.466 e. The van der Waals surface area contributed by atoms with Crippen LogP contribution in [0.25, 0.3) is 0 Å². The predicted octanol–water partition coefficient (Wildman–Crippen LogP) is 13.6. The number of carbonyl (C=O) groups is 7. The molecule has 15 heteroatoms. The summed E-state index contributed by atoms with van der Waals surface area (Å²) in [5, 5.41) is 7.00. The van der Waals surface area contributed by atoms with Gasteiger partial charge in [0, 0.05) is 71.3 Å². The fourth-order valence-electron chi connectivity index (χ4n) is 9.19.